The summed E-state index contributed by atoms with van der Waals surface area (Å²) in [6.07, 6.45) is 2.87. The summed E-state index contributed by atoms with van der Waals surface area (Å²) in [5.41, 5.74) is 2.78. The zero-order valence-corrected chi connectivity index (χ0v) is 14.6. The first-order chi connectivity index (χ1) is 11.2. The third kappa shape index (κ3) is 2.95. The summed E-state index contributed by atoms with van der Waals surface area (Å²) in [4.78, 5) is 16.2. The third-order valence-electron chi connectivity index (χ3n) is 4.46. The second kappa shape index (κ2) is 6.67. The van der Waals surface area contributed by atoms with E-state index in [4.69, 9.17) is 0 Å². The van der Waals surface area contributed by atoms with Crippen LogP contribution in [0.4, 0.5) is 5.69 Å². The SMILES string of the molecule is CC[C@H](C)N1C(=O)c2ccccc2N[C@H]1c1ccc(SC)cc1. The molecule has 120 valence electrons. The summed E-state index contributed by atoms with van der Waals surface area (Å²) in [7, 11) is 0. The van der Waals surface area contributed by atoms with E-state index in [1.807, 2.05) is 29.2 Å². The Morgan fingerprint density at radius 1 is 1.17 bits per heavy atom. The molecule has 1 aliphatic rings. The van der Waals surface area contributed by atoms with E-state index < -0.39 is 0 Å². The number of carbonyl (C=O) groups excluding carboxylic acids is 1. The average molecular weight is 326 g/mol. The van der Waals surface area contributed by atoms with Gasteiger partial charge in [0, 0.05) is 16.6 Å². The van der Waals surface area contributed by atoms with Crippen LogP contribution in [-0.2, 0) is 0 Å². The molecule has 0 saturated carbocycles. The van der Waals surface area contributed by atoms with E-state index in [1.165, 1.54) is 4.90 Å². The Morgan fingerprint density at radius 3 is 2.52 bits per heavy atom. The van der Waals surface area contributed by atoms with Crippen LogP contribution >= 0.6 is 11.8 Å². The van der Waals surface area contributed by atoms with Gasteiger partial charge < -0.3 is 10.2 Å². The van der Waals surface area contributed by atoms with Gasteiger partial charge in [0.25, 0.3) is 5.91 Å². The molecule has 1 aliphatic heterocycles. The van der Waals surface area contributed by atoms with Crippen molar-refractivity contribution in [1.82, 2.24) is 4.90 Å². The maximum Gasteiger partial charge on any atom is 0.258 e. The van der Waals surface area contributed by atoms with E-state index in [0.717, 1.165) is 23.2 Å². The van der Waals surface area contributed by atoms with Gasteiger partial charge in [-0.1, -0.05) is 31.2 Å². The van der Waals surface area contributed by atoms with Crippen molar-refractivity contribution in [2.24, 2.45) is 0 Å². The fraction of sp³-hybridized carbons (Fsp3) is 0.316. The highest BCUT2D eigenvalue weighted by Gasteiger charge is 2.35. The number of hydrogen-bond acceptors (Lipinski definition) is 3. The van der Waals surface area contributed by atoms with Crippen LogP contribution in [0.5, 0.6) is 0 Å². The molecular formula is C19H22N2OS. The molecule has 0 fully saturated rings. The molecule has 0 bridgehead atoms. The van der Waals surface area contributed by atoms with Crippen LogP contribution in [0, 0.1) is 0 Å². The maximum absolute atomic E-state index is 13.0. The summed E-state index contributed by atoms with van der Waals surface area (Å²) in [6.45, 7) is 4.23. The van der Waals surface area contributed by atoms with Crippen LogP contribution in [-0.4, -0.2) is 23.1 Å². The number of amides is 1. The second-order valence-corrected chi connectivity index (χ2v) is 6.71. The molecule has 0 aliphatic carbocycles. The molecule has 0 radical (unpaired) electrons. The number of hydrogen-bond donors (Lipinski definition) is 1. The summed E-state index contributed by atoms with van der Waals surface area (Å²) < 4.78 is 0. The minimum atomic E-state index is -0.122. The molecule has 3 rings (SSSR count). The Labute approximate surface area is 142 Å². The summed E-state index contributed by atoms with van der Waals surface area (Å²) in [6, 6.07) is 16.4. The minimum absolute atomic E-state index is 0.104. The zero-order chi connectivity index (χ0) is 16.4. The number of anilines is 1. The van der Waals surface area contributed by atoms with Crippen molar-refractivity contribution < 1.29 is 4.79 Å². The first kappa shape index (κ1) is 15.9. The van der Waals surface area contributed by atoms with Crippen molar-refractivity contribution in [2.75, 3.05) is 11.6 Å². The molecule has 0 spiro atoms. The van der Waals surface area contributed by atoms with Crippen molar-refractivity contribution in [3.63, 3.8) is 0 Å². The van der Waals surface area contributed by atoms with Gasteiger partial charge in [-0.3, -0.25) is 4.79 Å². The predicted octanol–water partition coefficient (Wildman–Crippen LogP) is 4.77. The fourth-order valence-electron chi connectivity index (χ4n) is 2.95. The molecule has 4 heteroatoms. The largest absolute Gasteiger partial charge is 0.361 e. The summed E-state index contributed by atoms with van der Waals surface area (Å²) in [5.74, 6) is 0.104. The standard InChI is InChI=1S/C19H22N2OS/c1-4-13(2)21-18(14-9-11-15(23-3)12-10-14)20-17-8-6-5-7-16(17)19(21)22/h5-13,18,20H,4H2,1-3H3/t13-,18+/m0/s1. The molecule has 1 N–H and O–H groups in total. The Balaban J connectivity index is 2.03. The summed E-state index contributed by atoms with van der Waals surface area (Å²) >= 11 is 1.72. The van der Waals surface area contributed by atoms with Crippen LogP contribution in [0.3, 0.4) is 0 Å². The monoisotopic (exact) mass is 326 g/mol. The smallest absolute Gasteiger partial charge is 0.258 e. The number of thioether (sulfide) groups is 1. The number of fused-ring (bicyclic) bond motifs is 1. The highest BCUT2D eigenvalue weighted by atomic mass is 32.2. The molecule has 2 aromatic rings. The Kier molecular flexibility index (Phi) is 4.62. The Bertz CT molecular complexity index is 699. The number of rotatable bonds is 4. The third-order valence-corrected chi connectivity index (χ3v) is 5.20. The van der Waals surface area contributed by atoms with Crippen molar-refractivity contribution in [3.8, 4) is 0 Å². The van der Waals surface area contributed by atoms with Crippen LogP contribution in [0.2, 0.25) is 0 Å². The Hall–Kier alpha value is -1.94. The summed E-state index contributed by atoms with van der Waals surface area (Å²) in [5, 5.41) is 3.54. The average Bonchev–Trinajstić information content (AvgIpc) is 2.61. The van der Waals surface area contributed by atoms with Crippen molar-refractivity contribution in [3.05, 3.63) is 59.7 Å². The molecule has 0 unspecified atom stereocenters. The molecular weight excluding hydrogens is 304 g/mol. The van der Waals surface area contributed by atoms with E-state index in [9.17, 15) is 4.79 Å². The van der Waals surface area contributed by atoms with Gasteiger partial charge in [0.1, 0.15) is 6.17 Å². The van der Waals surface area contributed by atoms with Gasteiger partial charge in [-0.2, -0.15) is 0 Å². The first-order valence-electron chi connectivity index (χ1n) is 7.98. The van der Waals surface area contributed by atoms with E-state index in [-0.39, 0.29) is 18.1 Å². The molecule has 23 heavy (non-hydrogen) atoms. The van der Waals surface area contributed by atoms with E-state index in [1.54, 1.807) is 11.8 Å². The van der Waals surface area contributed by atoms with E-state index >= 15 is 0 Å². The number of carbonyl (C=O) groups is 1. The number of nitrogens with zero attached hydrogens (tertiary/aromatic N) is 1. The second-order valence-electron chi connectivity index (χ2n) is 5.84. The lowest BCUT2D eigenvalue weighted by Crippen LogP contribution is -2.47. The molecule has 2 aromatic carbocycles. The topological polar surface area (TPSA) is 32.3 Å². The lowest BCUT2D eigenvalue weighted by Gasteiger charge is -2.41. The highest BCUT2D eigenvalue weighted by Crippen LogP contribution is 2.35. The van der Waals surface area contributed by atoms with Gasteiger partial charge in [0.2, 0.25) is 0 Å². The maximum atomic E-state index is 13.0. The van der Waals surface area contributed by atoms with Gasteiger partial charge in [0.15, 0.2) is 0 Å². The number of benzene rings is 2. The number of para-hydroxylation sites is 1. The molecule has 0 aromatic heterocycles. The molecule has 0 saturated heterocycles. The van der Waals surface area contributed by atoms with Crippen LogP contribution in [0.15, 0.2) is 53.4 Å². The molecule has 1 amide bonds. The van der Waals surface area contributed by atoms with Crippen LogP contribution < -0.4 is 5.32 Å². The molecule has 2 atom stereocenters. The van der Waals surface area contributed by atoms with Crippen LogP contribution in [0.1, 0.15) is 42.4 Å². The fourth-order valence-corrected chi connectivity index (χ4v) is 3.36. The predicted molar refractivity (Wildman–Crippen MR) is 97.0 cm³/mol. The normalized spacial score (nSPS) is 18.3. The zero-order valence-electron chi connectivity index (χ0n) is 13.7. The first-order valence-corrected chi connectivity index (χ1v) is 9.20. The van der Waals surface area contributed by atoms with Crippen molar-refractivity contribution in [2.45, 2.75) is 37.4 Å². The quantitative estimate of drug-likeness (QED) is 0.821. The van der Waals surface area contributed by atoms with Gasteiger partial charge in [-0.25, -0.2) is 0 Å². The van der Waals surface area contributed by atoms with Gasteiger partial charge in [0.05, 0.1) is 5.56 Å². The van der Waals surface area contributed by atoms with Crippen molar-refractivity contribution >= 4 is 23.4 Å². The van der Waals surface area contributed by atoms with E-state index in [0.29, 0.717) is 0 Å². The lowest BCUT2D eigenvalue weighted by molar-refractivity contribution is 0.0593. The van der Waals surface area contributed by atoms with E-state index in [2.05, 4.69) is 49.7 Å². The van der Waals surface area contributed by atoms with Gasteiger partial charge >= 0.3 is 0 Å². The Morgan fingerprint density at radius 2 is 1.87 bits per heavy atom. The number of nitrogens with one attached hydrogen (secondary N) is 1. The van der Waals surface area contributed by atoms with Gasteiger partial charge in [-0.15, -0.1) is 11.8 Å². The lowest BCUT2D eigenvalue weighted by atomic mass is 10.0. The van der Waals surface area contributed by atoms with Crippen LogP contribution in [0.25, 0.3) is 0 Å². The van der Waals surface area contributed by atoms with Gasteiger partial charge in [-0.05, 0) is 49.4 Å². The molecule has 1 heterocycles. The highest BCUT2D eigenvalue weighted by molar-refractivity contribution is 7.98. The van der Waals surface area contributed by atoms with Crippen molar-refractivity contribution in [1.29, 1.82) is 0 Å². The molecule has 3 nitrogen and oxygen atoms in total. The minimum Gasteiger partial charge on any atom is -0.361 e.